The molecule has 2 saturated heterocycles. The van der Waals surface area contributed by atoms with Crippen molar-refractivity contribution < 1.29 is 18.6 Å². The fraction of sp³-hybridized carbons (Fsp3) is 0.500. The first-order valence-electron chi connectivity index (χ1n) is 10.7. The molecule has 171 valence electrons. The van der Waals surface area contributed by atoms with Crippen LogP contribution in [0.15, 0.2) is 40.9 Å². The van der Waals surface area contributed by atoms with Gasteiger partial charge in [0.25, 0.3) is 0 Å². The Labute approximate surface area is 218 Å². The van der Waals surface area contributed by atoms with Gasteiger partial charge in [-0.05, 0) is 94.4 Å². The smallest absolute Gasteiger partial charge is 0.0436 e. The minimum Gasteiger partial charge on any atom is -0.369 e. The molecule has 0 atom stereocenters. The molecule has 2 aliphatic rings. The van der Waals surface area contributed by atoms with E-state index in [1.807, 2.05) is 38.1 Å². The molecule has 0 spiro atoms. The van der Waals surface area contributed by atoms with Gasteiger partial charge in [0, 0.05) is 64.9 Å². The number of aryl methyl sites for hydroxylation is 2. The van der Waals surface area contributed by atoms with Crippen LogP contribution in [0, 0.1) is 13.8 Å². The van der Waals surface area contributed by atoms with Crippen molar-refractivity contribution in [3.05, 3.63) is 62.0 Å². The van der Waals surface area contributed by atoms with Crippen LogP contribution in [0.4, 0.5) is 5.69 Å². The first kappa shape index (κ1) is 28.8. The third kappa shape index (κ3) is 11.0. The molecular formula is C24H34BrCl2N3V. The molecule has 2 fully saturated rings. The number of nitrogens with one attached hydrogen (secondary N) is 1. The predicted octanol–water partition coefficient (Wildman–Crippen LogP) is 6.57. The monoisotopic (exact) mass is 564 g/mol. The second kappa shape index (κ2) is 15.6. The van der Waals surface area contributed by atoms with Crippen LogP contribution in [0.5, 0.6) is 0 Å². The summed E-state index contributed by atoms with van der Waals surface area (Å²) in [6.07, 6.45) is 4.28. The fourth-order valence-electron chi connectivity index (χ4n) is 3.41. The van der Waals surface area contributed by atoms with Crippen molar-refractivity contribution in [1.82, 2.24) is 10.2 Å². The van der Waals surface area contributed by atoms with Gasteiger partial charge in [-0.2, -0.15) is 0 Å². The molecule has 7 heteroatoms. The van der Waals surface area contributed by atoms with E-state index in [2.05, 4.69) is 50.2 Å². The molecule has 0 aliphatic carbocycles. The van der Waals surface area contributed by atoms with Gasteiger partial charge in [-0.3, -0.25) is 0 Å². The van der Waals surface area contributed by atoms with Crippen LogP contribution in [0.2, 0.25) is 10.0 Å². The van der Waals surface area contributed by atoms with Gasteiger partial charge in [-0.1, -0.05) is 45.6 Å². The van der Waals surface area contributed by atoms with Crippen molar-refractivity contribution in [3.63, 3.8) is 0 Å². The van der Waals surface area contributed by atoms with E-state index in [-0.39, 0.29) is 18.6 Å². The molecule has 1 N–H and O–H groups in total. The number of rotatable bonds is 1. The summed E-state index contributed by atoms with van der Waals surface area (Å²) in [6.45, 7) is 11.0. The van der Waals surface area contributed by atoms with Crippen LogP contribution < -0.4 is 10.2 Å². The number of anilines is 1. The van der Waals surface area contributed by atoms with Crippen molar-refractivity contribution >= 4 is 44.8 Å². The largest absolute Gasteiger partial charge is 0.369 e. The molecule has 2 aromatic carbocycles. The molecule has 0 bridgehead atoms. The van der Waals surface area contributed by atoms with Gasteiger partial charge < -0.3 is 15.1 Å². The predicted molar refractivity (Wildman–Crippen MR) is 137 cm³/mol. The zero-order valence-electron chi connectivity index (χ0n) is 18.8. The van der Waals surface area contributed by atoms with Gasteiger partial charge in [-0.25, -0.2) is 0 Å². The summed E-state index contributed by atoms with van der Waals surface area (Å²) in [7, 11) is 2.19. The van der Waals surface area contributed by atoms with Crippen molar-refractivity contribution in [2.45, 2.75) is 33.1 Å². The molecule has 0 aromatic heterocycles. The van der Waals surface area contributed by atoms with Crippen LogP contribution in [-0.2, 0) is 18.6 Å². The number of piperazine rings is 1. The van der Waals surface area contributed by atoms with E-state index >= 15 is 0 Å². The Balaban J connectivity index is 0.000000245. The minimum atomic E-state index is 0. The van der Waals surface area contributed by atoms with E-state index in [9.17, 15) is 0 Å². The SMILES string of the molecule is CN1CCCCC1.Cc1cc(Br)ccc1Cl.Cc1cc(N2CCNCC2)ccc1Cl.[V]. The summed E-state index contributed by atoms with van der Waals surface area (Å²) in [5.41, 5.74) is 3.54. The maximum Gasteiger partial charge on any atom is 0.0436 e. The standard InChI is InChI=1S/C11H15ClN2.C7H6BrCl.C6H13N.V/c1-9-8-10(2-3-11(9)12)14-6-4-13-5-7-14;1-5-4-6(8)2-3-7(5)9;1-7-5-3-2-4-6-7;/h2-3,8,13H,4-7H2,1H3;2-4H,1H3;2-6H2,1H3;. The summed E-state index contributed by atoms with van der Waals surface area (Å²) >= 11 is 15.1. The first-order chi connectivity index (χ1) is 14.4. The molecule has 4 rings (SSSR count). The van der Waals surface area contributed by atoms with Crippen molar-refractivity contribution in [2.75, 3.05) is 51.2 Å². The molecule has 1 radical (unpaired) electrons. The summed E-state index contributed by atoms with van der Waals surface area (Å²) in [6, 6.07) is 12.0. The molecule has 2 heterocycles. The molecule has 31 heavy (non-hydrogen) atoms. The number of likely N-dealkylation sites (tertiary alicyclic amines) is 1. The fourth-order valence-corrected chi connectivity index (χ4v) is 4.12. The summed E-state index contributed by atoms with van der Waals surface area (Å²) < 4.78 is 1.07. The third-order valence-electron chi connectivity index (χ3n) is 5.32. The van der Waals surface area contributed by atoms with Gasteiger partial charge in [0.05, 0.1) is 0 Å². The van der Waals surface area contributed by atoms with E-state index in [4.69, 9.17) is 23.2 Å². The maximum atomic E-state index is 5.99. The van der Waals surface area contributed by atoms with Gasteiger partial charge in [0.15, 0.2) is 0 Å². The maximum absolute atomic E-state index is 5.99. The number of halogens is 3. The number of hydrogen-bond acceptors (Lipinski definition) is 3. The van der Waals surface area contributed by atoms with Crippen LogP contribution in [0.25, 0.3) is 0 Å². The summed E-state index contributed by atoms with van der Waals surface area (Å²) in [5, 5.41) is 5.01. The number of hydrogen-bond donors (Lipinski definition) is 1. The van der Waals surface area contributed by atoms with E-state index in [0.29, 0.717) is 0 Å². The average molecular weight is 566 g/mol. The molecule has 0 saturated carbocycles. The van der Waals surface area contributed by atoms with E-state index < -0.39 is 0 Å². The van der Waals surface area contributed by atoms with Crippen molar-refractivity contribution in [2.24, 2.45) is 0 Å². The van der Waals surface area contributed by atoms with Gasteiger partial charge in [0.2, 0.25) is 0 Å². The molecule has 2 aliphatic heterocycles. The number of nitrogens with zero attached hydrogens (tertiary/aromatic N) is 2. The normalized spacial score (nSPS) is 16.3. The van der Waals surface area contributed by atoms with E-state index in [1.165, 1.54) is 38.0 Å². The Kier molecular flexibility index (Phi) is 14.5. The third-order valence-corrected chi connectivity index (χ3v) is 6.66. The molecule has 3 nitrogen and oxygen atoms in total. The second-order valence-corrected chi connectivity index (χ2v) is 9.66. The van der Waals surface area contributed by atoms with Crippen LogP contribution in [0.1, 0.15) is 30.4 Å². The van der Waals surface area contributed by atoms with Crippen molar-refractivity contribution in [1.29, 1.82) is 0 Å². The number of piperidine rings is 1. The number of benzene rings is 2. The van der Waals surface area contributed by atoms with Gasteiger partial charge in [-0.15, -0.1) is 0 Å². The molecule has 0 amide bonds. The zero-order chi connectivity index (χ0) is 21.9. The van der Waals surface area contributed by atoms with Crippen LogP contribution in [-0.4, -0.2) is 51.2 Å². The Morgan fingerprint density at radius 2 is 1.35 bits per heavy atom. The van der Waals surface area contributed by atoms with Gasteiger partial charge >= 0.3 is 0 Å². The quantitative estimate of drug-likeness (QED) is 0.422. The average Bonchev–Trinajstić information content (AvgIpc) is 2.75. The Morgan fingerprint density at radius 1 is 0.806 bits per heavy atom. The van der Waals surface area contributed by atoms with E-state index in [0.717, 1.165) is 51.8 Å². The Morgan fingerprint density at radius 3 is 1.81 bits per heavy atom. The molecule has 0 unspecified atom stereocenters. The minimum absolute atomic E-state index is 0. The topological polar surface area (TPSA) is 18.5 Å². The Hall–Kier alpha value is -0.196. The molecule has 2 aromatic rings. The van der Waals surface area contributed by atoms with Gasteiger partial charge in [0.1, 0.15) is 0 Å². The second-order valence-electron chi connectivity index (χ2n) is 7.93. The van der Waals surface area contributed by atoms with E-state index in [1.54, 1.807) is 0 Å². The molecular weight excluding hydrogens is 532 g/mol. The summed E-state index contributed by atoms with van der Waals surface area (Å²) in [5.74, 6) is 0. The van der Waals surface area contributed by atoms with Crippen LogP contribution >= 0.6 is 39.1 Å². The Bertz CT molecular complexity index is 779. The zero-order valence-corrected chi connectivity index (χ0v) is 23.3. The summed E-state index contributed by atoms with van der Waals surface area (Å²) in [4.78, 5) is 4.78. The van der Waals surface area contributed by atoms with Crippen LogP contribution in [0.3, 0.4) is 0 Å². The van der Waals surface area contributed by atoms with Crippen molar-refractivity contribution in [3.8, 4) is 0 Å². The first-order valence-corrected chi connectivity index (χ1v) is 12.2.